The molecule has 0 aromatic carbocycles. The summed E-state index contributed by atoms with van der Waals surface area (Å²) < 4.78 is 37.4. The van der Waals surface area contributed by atoms with Crippen molar-refractivity contribution in [2.45, 2.75) is 12.6 Å². The molecule has 1 aromatic heterocycles. The fourth-order valence-electron chi connectivity index (χ4n) is 2.36. The lowest BCUT2D eigenvalue weighted by Gasteiger charge is -2.20. The van der Waals surface area contributed by atoms with Gasteiger partial charge in [0.1, 0.15) is 0 Å². The molecule has 2 aliphatic rings. The highest BCUT2D eigenvalue weighted by atomic mass is 19.4. The number of fused-ring (bicyclic) bond motifs is 1. The Morgan fingerprint density at radius 1 is 1.19 bits per heavy atom. The first kappa shape index (κ1) is 9.93. The van der Waals surface area contributed by atoms with Crippen molar-refractivity contribution in [2.24, 2.45) is 11.8 Å². The van der Waals surface area contributed by atoms with Gasteiger partial charge >= 0.3 is 6.18 Å². The Kier molecular flexibility index (Phi) is 1.94. The van der Waals surface area contributed by atoms with Gasteiger partial charge < -0.3 is 4.90 Å². The highest BCUT2D eigenvalue weighted by Gasteiger charge is 2.45. The molecule has 1 aromatic rings. The molecule has 1 saturated carbocycles. The lowest BCUT2D eigenvalue weighted by Crippen LogP contribution is -2.22. The van der Waals surface area contributed by atoms with E-state index >= 15 is 0 Å². The highest BCUT2D eigenvalue weighted by Crippen LogP contribution is 2.46. The van der Waals surface area contributed by atoms with Gasteiger partial charge in [-0.25, -0.2) is 0 Å². The van der Waals surface area contributed by atoms with E-state index < -0.39 is 11.7 Å². The van der Waals surface area contributed by atoms with E-state index in [4.69, 9.17) is 0 Å². The number of pyridine rings is 1. The second kappa shape index (κ2) is 3.12. The van der Waals surface area contributed by atoms with Gasteiger partial charge in [0.25, 0.3) is 0 Å². The number of rotatable bonds is 1. The summed E-state index contributed by atoms with van der Waals surface area (Å²) in [6.07, 6.45) is -0.672. The van der Waals surface area contributed by atoms with Crippen LogP contribution in [-0.4, -0.2) is 18.1 Å². The molecule has 16 heavy (non-hydrogen) atoms. The quantitative estimate of drug-likeness (QED) is 0.734. The van der Waals surface area contributed by atoms with Gasteiger partial charge in [0, 0.05) is 19.3 Å². The molecule has 86 valence electrons. The average Bonchev–Trinajstić information content (AvgIpc) is 2.85. The number of nitrogens with zero attached hydrogens (tertiary/aromatic N) is 2. The Morgan fingerprint density at radius 3 is 2.50 bits per heavy atom. The first-order valence-electron chi connectivity index (χ1n) is 5.31. The molecule has 0 N–H and O–H groups in total. The topological polar surface area (TPSA) is 16.1 Å². The van der Waals surface area contributed by atoms with Crippen molar-refractivity contribution in [1.29, 1.82) is 0 Å². The Bertz CT molecular complexity index is 406. The first-order chi connectivity index (χ1) is 7.54. The van der Waals surface area contributed by atoms with E-state index in [1.807, 2.05) is 4.90 Å². The predicted molar refractivity (Wildman–Crippen MR) is 53.0 cm³/mol. The van der Waals surface area contributed by atoms with Crippen LogP contribution in [-0.2, 0) is 6.18 Å². The summed E-state index contributed by atoms with van der Waals surface area (Å²) in [6.45, 7) is 1.77. The molecular formula is C11H11F3N2. The normalized spacial score (nSPS) is 28.1. The van der Waals surface area contributed by atoms with Crippen molar-refractivity contribution in [1.82, 2.24) is 4.98 Å². The zero-order valence-electron chi connectivity index (χ0n) is 8.54. The summed E-state index contributed by atoms with van der Waals surface area (Å²) in [4.78, 5) is 5.67. The number of alkyl halides is 3. The van der Waals surface area contributed by atoms with Crippen molar-refractivity contribution in [3.05, 3.63) is 24.0 Å². The Balaban J connectivity index is 1.85. The first-order valence-corrected chi connectivity index (χ1v) is 5.31. The predicted octanol–water partition coefficient (Wildman–Crippen LogP) is 2.56. The SMILES string of the molecule is FC(F)(F)c1cncc(N2C[C@H]3C[C@H]3C2)c1. The molecule has 1 aliphatic carbocycles. The maximum absolute atomic E-state index is 12.5. The summed E-state index contributed by atoms with van der Waals surface area (Å²) in [5.41, 5.74) is -0.0624. The molecule has 0 amide bonds. The summed E-state index contributed by atoms with van der Waals surface area (Å²) in [5, 5.41) is 0. The number of piperidine rings is 1. The number of hydrogen-bond donors (Lipinski definition) is 0. The van der Waals surface area contributed by atoms with E-state index in [1.54, 1.807) is 0 Å². The van der Waals surface area contributed by atoms with Crippen molar-refractivity contribution in [3.63, 3.8) is 0 Å². The fraction of sp³-hybridized carbons (Fsp3) is 0.545. The van der Waals surface area contributed by atoms with E-state index in [0.29, 0.717) is 17.5 Å². The van der Waals surface area contributed by atoms with Crippen LogP contribution in [0.4, 0.5) is 18.9 Å². The fourth-order valence-corrected chi connectivity index (χ4v) is 2.36. The molecule has 0 spiro atoms. The number of halogens is 3. The van der Waals surface area contributed by atoms with Crippen LogP contribution in [0.1, 0.15) is 12.0 Å². The van der Waals surface area contributed by atoms with Crippen molar-refractivity contribution in [2.75, 3.05) is 18.0 Å². The van der Waals surface area contributed by atoms with Gasteiger partial charge in [-0.3, -0.25) is 4.98 Å². The molecule has 2 atom stereocenters. The molecule has 1 saturated heterocycles. The summed E-state index contributed by atoms with van der Waals surface area (Å²) in [7, 11) is 0. The van der Waals surface area contributed by atoms with E-state index in [-0.39, 0.29) is 0 Å². The molecule has 2 heterocycles. The van der Waals surface area contributed by atoms with Crippen LogP contribution >= 0.6 is 0 Å². The third kappa shape index (κ3) is 1.64. The van der Waals surface area contributed by atoms with Crippen molar-refractivity contribution >= 4 is 5.69 Å². The second-order valence-corrected chi connectivity index (χ2v) is 4.59. The molecule has 0 radical (unpaired) electrons. The zero-order chi connectivity index (χ0) is 11.3. The van der Waals surface area contributed by atoms with Crippen LogP contribution in [0.3, 0.4) is 0 Å². The standard InChI is InChI=1S/C11H11F3N2/c12-11(13,14)9-2-10(4-15-3-9)16-5-7-1-8(7)6-16/h2-4,7-8H,1,5-6H2/t7-,8+. The lowest BCUT2D eigenvalue weighted by atomic mass is 10.2. The van der Waals surface area contributed by atoms with E-state index in [9.17, 15) is 13.2 Å². The molecule has 1 aliphatic heterocycles. The molecule has 5 heteroatoms. The second-order valence-electron chi connectivity index (χ2n) is 4.59. The Labute approximate surface area is 91.1 Å². The van der Waals surface area contributed by atoms with Crippen LogP contribution < -0.4 is 4.90 Å². The smallest absolute Gasteiger partial charge is 0.370 e. The maximum atomic E-state index is 12.5. The zero-order valence-corrected chi connectivity index (χ0v) is 8.54. The average molecular weight is 228 g/mol. The minimum atomic E-state index is -4.30. The van der Waals surface area contributed by atoms with Crippen molar-refractivity contribution < 1.29 is 13.2 Å². The van der Waals surface area contributed by atoms with Crippen LogP contribution in [0.5, 0.6) is 0 Å². The van der Waals surface area contributed by atoms with Crippen LogP contribution in [0.2, 0.25) is 0 Å². The Morgan fingerprint density at radius 2 is 1.88 bits per heavy atom. The van der Waals surface area contributed by atoms with E-state index in [2.05, 4.69) is 4.98 Å². The molecule has 2 nitrogen and oxygen atoms in total. The number of hydrogen-bond acceptors (Lipinski definition) is 2. The van der Waals surface area contributed by atoms with Crippen LogP contribution in [0.25, 0.3) is 0 Å². The third-order valence-corrected chi connectivity index (χ3v) is 3.40. The van der Waals surface area contributed by atoms with Crippen LogP contribution in [0.15, 0.2) is 18.5 Å². The van der Waals surface area contributed by atoms with E-state index in [0.717, 1.165) is 19.3 Å². The van der Waals surface area contributed by atoms with Gasteiger partial charge in [0.15, 0.2) is 0 Å². The van der Waals surface area contributed by atoms with Gasteiger partial charge in [-0.1, -0.05) is 0 Å². The Hall–Kier alpha value is -1.26. The van der Waals surface area contributed by atoms with Gasteiger partial charge in [-0.05, 0) is 24.3 Å². The van der Waals surface area contributed by atoms with Crippen LogP contribution in [0, 0.1) is 11.8 Å². The summed E-state index contributed by atoms with van der Waals surface area (Å²) >= 11 is 0. The molecular weight excluding hydrogens is 217 g/mol. The highest BCUT2D eigenvalue weighted by molar-refractivity contribution is 5.48. The largest absolute Gasteiger partial charge is 0.417 e. The number of aromatic nitrogens is 1. The molecule has 2 fully saturated rings. The van der Waals surface area contributed by atoms with E-state index in [1.165, 1.54) is 18.7 Å². The maximum Gasteiger partial charge on any atom is 0.417 e. The van der Waals surface area contributed by atoms with Gasteiger partial charge in [-0.15, -0.1) is 0 Å². The van der Waals surface area contributed by atoms with Gasteiger partial charge in [0.2, 0.25) is 0 Å². The summed E-state index contributed by atoms with van der Waals surface area (Å²) in [6, 6.07) is 1.19. The minimum absolute atomic E-state index is 0.599. The molecule has 3 rings (SSSR count). The number of anilines is 1. The lowest BCUT2D eigenvalue weighted by molar-refractivity contribution is -0.137. The minimum Gasteiger partial charge on any atom is -0.370 e. The van der Waals surface area contributed by atoms with Crippen molar-refractivity contribution in [3.8, 4) is 0 Å². The summed E-state index contributed by atoms with van der Waals surface area (Å²) in [5.74, 6) is 1.41. The third-order valence-electron chi connectivity index (χ3n) is 3.40. The van der Waals surface area contributed by atoms with Gasteiger partial charge in [-0.2, -0.15) is 13.2 Å². The molecule has 0 bridgehead atoms. The van der Waals surface area contributed by atoms with Gasteiger partial charge in [0.05, 0.1) is 17.4 Å². The monoisotopic (exact) mass is 228 g/mol. The molecule has 0 unspecified atom stereocenters.